The second-order valence-corrected chi connectivity index (χ2v) is 10.3. The molecule has 7 nitrogen and oxygen atoms in total. The van der Waals surface area contributed by atoms with Crippen LogP contribution in [0.25, 0.3) is 10.2 Å². The smallest absolute Gasteiger partial charge is 0.341 e. The van der Waals surface area contributed by atoms with E-state index in [2.05, 4.69) is 4.98 Å². The van der Waals surface area contributed by atoms with Gasteiger partial charge in [-0.1, -0.05) is 11.6 Å². The maximum absolute atomic E-state index is 14.6. The molecule has 0 aliphatic carbocycles. The molecule has 0 saturated carbocycles. The monoisotopic (exact) mass is 561 g/mol. The van der Waals surface area contributed by atoms with Gasteiger partial charge in [-0.05, 0) is 37.4 Å². The van der Waals surface area contributed by atoms with Gasteiger partial charge in [-0.2, -0.15) is 13.2 Å². The summed E-state index contributed by atoms with van der Waals surface area (Å²) in [5.41, 5.74) is -1.46. The third kappa shape index (κ3) is 4.23. The van der Waals surface area contributed by atoms with Gasteiger partial charge in [-0.15, -0.1) is 11.3 Å². The number of anilines is 2. The number of aromatic nitrogens is 1. The van der Waals surface area contributed by atoms with E-state index < -0.39 is 75.8 Å². The van der Waals surface area contributed by atoms with E-state index in [4.69, 9.17) is 21.1 Å². The molecule has 1 aromatic carbocycles. The fourth-order valence-corrected chi connectivity index (χ4v) is 5.46. The van der Waals surface area contributed by atoms with Crippen molar-refractivity contribution in [2.24, 2.45) is 0 Å². The average molecular weight is 562 g/mol. The molecule has 2 aliphatic rings. The van der Waals surface area contributed by atoms with Gasteiger partial charge >= 0.3 is 6.18 Å². The number of likely N-dealkylation sites (N-methyl/N-ethyl adjacent to an activating group) is 1. The maximum atomic E-state index is 14.6. The number of pyridine rings is 1. The molecule has 4 heterocycles. The topological polar surface area (TPSA) is 72.0 Å². The number of hydrogen-bond donors (Lipinski definition) is 0. The Bertz CT molecular complexity index is 1450. The minimum absolute atomic E-state index is 0.00670. The van der Waals surface area contributed by atoms with Crippen molar-refractivity contribution in [3.05, 3.63) is 51.9 Å². The number of hydrogen-bond acceptors (Lipinski definition) is 6. The molecule has 0 radical (unpaired) electrons. The maximum Gasteiger partial charge on any atom is 0.417 e. The number of ether oxygens (including phenoxy) is 2. The molecule has 3 aromatic rings. The normalized spacial score (nSPS) is 23.1. The molecule has 2 fully saturated rings. The summed E-state index contributed by atoms with van der Waals surface area (Å²) >= 11 is 6.69. The van der Waals surface area contributed by atoms with E-state index in [1.54, 1.807) is 0 Å². The van der Waals surface area contributed by atoms with Gasteiger partial charge in [-0.3, -0.25) is 14.5 Å². The Kier molecular flexibility index (Phi) is 5.98. The van der Waals surface area contributed by atoms with Crippen molar-refractivity contribution in [1.29, 1.82) is 0 Å². The number of fused-ring (bicyclic) bond motifs is 2. The minimum atomic E-state index is -4.78. The summed E-state index contributed by atoms with van der Waals surface area (Å²) in [4.78, 5) is 32.9. The van der Waals surface area contributed by atoms with E-state index >= 15 is 0 Å². The van der Waals surface area contributed by atoms with Gasteiger partial charge in [0.2, 0.25) is 0 Å². The van der Waals surface area contributed by atoms with Crippen LogP contribution in [0.15, 0.2) is 29.6 Å². The van der Waals surface area contributed by atoms with Gasteiger partial charge in [0, 0.05) is 18.5 Å². The van der Waals surface area contributed by atoms with Crippen LogP contribution in [0.3, 0.4) is 0 Å². The SMILES string of the molecule is CN(C(=O)C1C2OC(C)(C)O[C@@H]2C(=O)N1c1cc(C(F)(F)F)c2ccsc2n1)c1cc(Cl)c(F)cc1F. The highest BCUT2D eigenvalue weighted by Crippen LogP contribution is 2.43. The third-order valence-corrected chi connectivity index (χ3v) is 7.21. The number of nitrogens with zero attached hydrogens (tertiary/aromatic N) is 3. The lowest BCUT2D eigenvalue weighted by Gasteiger charge is -2.31. The molecular weight excluding hydrogens is 545 g/mol. The lowest BCUT2D eigenvalue weighted by molar-refractivity contribution is -0.161. The molecule has 196 valence electrons. The number of benzene rings is 1. The van der Waals surface area contributed by atoms with E-state index in [1.165, 1.54) is 25.3 Å². The molecule has 2 unspecified atom stereocenters. The molecule has 2 aliphatic heterocycles. The highest BCUT2D eigenvalue weighted by Gasteiger charge is 2.61. The Morgan fingerprint density at radius 3 is 2.57 bits per heavy atom. The minimum Gasteiger partial charge on any atom is -0.341 e. The molecule has 0 bridgehead atoms. The van der Waals surface area contributed by atoms with Crippen LogP contribution < -0.4 is 9.80 Å². The van der Waals surface area contributed by atoms with Crippen molar-refractivity contribution in [1.82, 2.24) is 4.98 Å². The fraction of sp³-hybridized carbons (Fsp3) is 0.348. The first kappa shape index (κ1) is 25.8. The first-order valence-electron chi connectivity index (χ1n) is 10.8. The summed E-state index contributed by atoms with van der Waals surface area (Å²) in [6.07, 6.45) is -7.38. The Morgan fingerprint density at radius 2 is 1.89 bits per heavy atom. The number of carbonyl (C=O) groups is 2. The second-order valence-electron chi connectivity index (χ2n) is 8.95. The van der Waals surface area contributed by atoms with Crippen LogP contribution in [-0.4, -0.2) is 47.9 Å². The zero-order valence-corrected chi connectivity index (χ0v) is 20.8. The molecule has 2 amide bonds. The number of halogens is 6. The van der Waals surface area contributed by atoms with Crippen LogP contribution >= 0.6 is 22.9 Å². The van der Waals surface area contributed by atoms with Crippen LogP contribution in [0, 0.1) is 11.6 Å². The predicted molar refractivity (Wildman–Crippen MR) is 124 cm³/mol. The summed E-state index contributed by atoms with van der Waals surface area (Å²) in [5, 5.41) is 0.794. The zero-order valence-electron chi connectivity index (χ0n) is 19.3. The Labute approximate surface area is 215 Å². The van der Waals surface area contributed by atoms with E-state index in [0.29, 0.717) is 12.1 Å². The first-order chi connectivity index (χ1) is 17.2. The highest BCUT2D eigenvalue weighted by molar-refractivity contribution is 7.16. The number of alkyl halides is 3. The van der Waals surface area contributed by atoms with Crippen molar-refractivity contribution in [2.45, 2.75) is 44.1 Å². The predicted octanol–water partition coefficient (Wildman–Crippen LogP) is 5.15. The van der Waals surface area contributed by atoms with Gasteiger partial charge in [0.05, 0.1) is 16.3 Å². The van der Waals surface area contributed by atoms with Crippen LogP contribution in [0.5, 0.6) is 0 Å². The molecular formula is C23H17ClF5N3O4S. The Morgan fingerprint density at radius 1 is 1.19 bits per heavy atom. The lowest BCUT2D eigenvalue weighted by atomic mass is 10.1. The van der Waals surface area contributed by atoms with Crippen LogP contribution in [-0.2, 0) is 25.2 Å². The van der Waals surface area contributed by atoms with Gasteiger partial charge < -0.3 is 14.4 Å². The van der Waals surface area contributed by atoms with Crippen LogP contribution in [0.1, 0.15) is 19.4 Å². The molecule has 0 N–H and O–H groups in total. The standard InChI is InChI=1S/C23H17ClF5N3O4S/c1-22(2)35-17-16(20(33)31(3)14-7-11(24)12(25)8-13(14)26)32(21(34)18(17)36-22)15-6-10(23(27,28)29)9-4-5-37-19(9)30-15/h4-8,16-18H,1-3H3/t16?,17?,18-/m0/s1. The quantitative estimate of drug-likeness (QED) is 0.327. The Balaban J connectivity index is 1.64. The van der Waals surface area contributed by atoms with Gasteiger partial charge in [-0.25, -0.2) is 13.8 Å². The summed E-state index contributed by atoms with van der Waals surface area (Å²) < 4.78 is 81.3. The van der Waals surface area contributed by atoms with E-state index in [9.17, 15) is 31.5 Å². The number of carbonyl (C=O) groups excluding carboxylic acids is 2. The molecule has 3 atom stereocenters. The average Bonchev–Trinajstić information content (AvgIpc) is 3.46. The van der Waals surface area contributed by atoms with Crippen molar-refractivity contribution in [3.63, 3.8) is 0 Å². The molecule has 2 aromatic heterocycles. The van der Waals surface area contributed by atoms with Crippen LogP contribution in [0.4, 0.5) is 33.5 Å². The van der Waals surface area contributed by atoms with Gasteiger partial charge in [0.15, 0.2) is 11.9 Å². The fourth-order valence-electron chi connectivity index (χ4n) is 4.52. The summed E-state index contributed by atoms with van der Waals surface area (Å²) in [6.45, 7) is 3.01. The van der Waals surface area contributed by atoms with Gasteiger partial charge in [0.25, 0.3) is 11.8 Å². The third-order valence-electron chi connectivity index (χ3n) is 6.11. The number of rotatable bonds is 3. The summed E-state index contributed by atoms with van der Waals surface area (Å²) in [6, 6.07) is 1.72. The molecule has 5 rings (SSSR count). The second kappa shape index (κ2) is 8.58. The first-order valence-corrected chi connectivity index (χ1v) is 12.0. The molecule has 14 heteroatoms. The van der Waals surface area contributed by atoms with Gasteiger partial charge in [0.1, 0.15) is 34.4 Å². The van der Waals surface area contributed by atoms with E-state index in [-0.39, 0.29) is 10.2 Å². The summed E-state index contributed by atoms with van der Waals surface area (Å²) in [7, 11) is 1.16. The largest absolute Gasteiger partial charge is 0.417 e. The number of thiophene rings is 1. The molecule has 37 heavy (non-hydrogen) atoms. The van der Waals surface area contributed by atoms with E-state index in [1.807, 2.05) is 0 Å². The summed E-state index contributed by atoms with van der Waals surface area (Å²) in [5.74, 6) is -5.70. The lowest BCUT2D eigenvalue weighted by Crippen LogP contribution is -2.51. The zero-order chi connectivity index (χ0) is 27.0. The van der Waals surface area contributed by atoms with E-state index in [0.717, 1.165) is 34.3 Å². The Hall–Kier alpha value is -2.87. The van der Waals surface area contributed by atoms with Crippen molar-refractivity contribution < 1.29 is 41.0 Å². The van der Waals surface area contributed by atoms with Crippen molar-refractivity contribution in [2.75, 3.05) is 16.8 Å². The van der Waals surface area contributed by atoms with Crippen molar-refractivity contribution >= 4 is 56.5 Å². The van der Waals surface area contributed by atoms with Crippen LogP contribution in [0.2, 0.25) is 5.02 Å². The highest BCUT2D eigenvalue weighted by atomic mass is 35.5. The van der Waals surface area contributed by atoms with Crippen molar-refractivity contribution in [3.8, 4) is 0 Å². The number of amides is 2. The molecule has 0 spiro atoms. The molecule has 2 saturated heterocycles.